The molecule has 1 N–H and O–H groups in total. The van der Waals surface area contributed by atoms with E-state index in [2.05, 4.69) is 43.8 Å². The van der Waals surface area contributed by atoms with Crippen molar-refractivity contribution in [1.82, 2.24) is 5.32 Å². The second kappa shape index (κ2) is 7.77. The van der Waals surface area contributed by atoms with Gasteiger partial charge in [0, 0.05) is 0 Å². The molecule has 1 heterocycles. The molecule has 1 fully saturated rings. The highest BCUT2D eigenvalue weighted by atomic mass is 127. The van der Waals surface area contributed by atoms with E-state index >= 15 is 0 Å². The summed E-state index contributed by atoms with van der Waals surface area (Å²) in [5.74, 6) is -1.48. The molecular formula is C18H11BrFIN2O4. The van der Waals surface area contributed by atoms with Gasteiger partial charge in [0.2, 0.25) is 0 Å². The first-order valence-electron chi connectivity index (χ1n) is 7.52. The third kappa shape index (κ3) is 3.88. The predicted molar refractivity (Wildman–Crippen MR) is 109 cm³/mol. The first-order valence-corrected chi connectivity index (χ1v) is 9.39. The quantitative estimate of drug-likeness (QED) is 0.362. The van der Waals surface area contributed by atoms with Gasteiger partial charge in [0.1, 0.15) is 17.1 Å². The molecule has 3 rings (SSSR count). The first-order chi connectivity index (χ1) is 12.8. The van der Waals surface area contributed by atoms with Crippen LogP contribution < -0.4 is 15.0 Å². The van der Waals surface area contributed by atoms with Gasteiger partial charge in [0.05, 0.1) is 20.8 Å². The number of carbonyl (C=O) groups excluding carboxylic acids is 3. The molecule has 0 aromatic heterocycles. The maximum atomic E-state index is 13.1. The molecule has 0 atom stereocenters. The molecule has 0 aliphatic carbocycles. The highest BCUT2D eigenvalue weighted by Gasteiger charge is 2.36. The van der Waals surface area contributed by atoms with Crippen molar-refractivity contribution in [3.63, 3.8) is 0 Å². The van der Waals surface area contributed by atoms with Gasteiger partial charge < -0.3 is 4.74 Å². The lowest BCUT2D eigenvalue weighted by atomic mass is 10.1. The number of hydrogen-bond donors (Lipinski definition) is 1. The van der Waals surface area contributed by atoms with E-state index in [9.17, 15) is 18.8 Å². The Morgan fingerprint density at radius 1 is 1.19 bits per heavy atom. The minimum absolute atomic E-state index is 0.155. The zero-order valence-corrected chi connectivity index (χ0v) is 17.5. The zero-order valence-electron chi connectivity index (χ0n) is 13.8. The number of benzene rings is 2. The Morgan fingerprint density at radius 2 is 1.85 bits per heavy atom. The van der Waals surface area contributed by atoms with Gasteiger partial charge in [-0.2, -0.15) is 0 Å². The van der Waals surface area contributed by atoms with Crippen LogP contribution >= 0.6 is 38.5 Å². The van der Waals surface area contributed by atoms with Gasteiger partial charge in [0.25, 0.3) is 11.8 Å². The van der Waals surface area contributed by atoms with E-state index in [4.69, 9.17) is 4.74 Å². The van der Waals surface area contributed by atoms with Crippen LogP contribution in [0, 0.1) is 9.39 Å². The number of halogens is 3. The fourth-order valence-electron chi connectivity index (χ4n) is 2.51. The molecule has 138 valence electrons. The molecule has 2 aromatic rings. The number of imide groups is 2. The maximum absolute atomic E-state index is 13.1. The van der Waals surface area contributed by atoms with Crippen LogP contribution in [-0.2, 0) is 9.59 Å². The van der Waals surface area contributed by atoms with Crippen molar-refractivity contribution in [3.05, 3.63) is 61.4 Å². The SMILES string of the molecule is COc1c(Br)cc(/C=C2\C(=O)NC(=O)N(c3ccc(F)cc3)C2=O)cc1I. The molecule has 4 amide bonds. The Labute approximate surface area is 175 Å². The Morgan fingerprint density at radius 3 is 2.44 bits per heavy atom. The van der Waals surface area contributed by atoms with Gasteiger partial charge >= 0.3 is 6.03 Å². The third-order valence-corrected chi connectivity index (χ3v) is 5.11. The van der Waals surface area contributed by atoms with E-state index in [-0.39, 0.29) is 11.3 Å². The number of ether oxygens (including phenoxy) is 1. The highest BCUT2D eigenvalue weighted by Crippen LogP contribution is 2.32. The summed E-state index contributed by atoms with van der Waals surface area (Å²) >= 11 is 5.44. The van der Waals surface area contributed by atoms with Crippen LogP contribution in [-0.4, -0.2) is 25.0 Å². The summed E-state index contributed by atoms with van der Waals surface area (Å²) in [7, 11) is 1.53. The van der Waals surface area contributed by atoms with Crippen LogP contribution in [0.4, 0.5) is 14.9 Å². The lowest BCUT2D eigenvalue weighted by Gasteiger charge is -2.26. The molecule has 0 unspecified atom stereocenters. The lowest BCUT2D eigenvalue weighted by Crippen LogP contribution is -2.54. The summed E-state index contributed by atoms with van der Waals surface area (Å²) in [5.41, 5.74) is 0.508. The summed E-state index contributed by atoms with van der Waals surface area (Å²) in [6, 6.07) is 7.35. The standard InChI is InChI=1S/C18H11BrFIN2O4/c1-27-15-13(19)7-9(8-14(15)21)6-12-16(24)22-18(26)23(17(12)25)11-4-2-10(20)3-5-11/h2-8H,1H3,(H,22,24,26)/b12-6+. The smallest absolute Gasteiger partial charge is 0.335 e. The average molecular weight is 545 g/mol. The summed E-state index contributed by atoms with van der Waals surface area (Å²) < 4.78 is 19.8. The van der Waals surface area contributed by atoms with E-state index in [0.29, 0.717) is 15.8 Å². The summed E-state index contributed by atoms with van der Waals surface area (Å²) in [6.07, 6.45) is 1.38. The molecule has 27 heavy (non-hydrogen) atoms. The lowest BCUT2D eigenvalue weighted by molar-refractivity contribution is -0.122. The minimum atomic E-state index is -0.890. The number of rotatable bonds is 3. The number of amides is 4. The molecule has 9 heteroatoms. The molecule has 0 spiro atoms. The van der Waals surface area contributed by atoms with Gasteiger partial charge in [-0.25, -0.2) is 14.1 Å². The van der Waals surface area contributed by atoms with Gasteiger partial charge in [-0.1, -0.05) is 0 Å². The maximum Gasteiger partial charge on any atom is 0.335 e. The summed E-state index contributed by atoms with van der Waals surface area (Å²) in [4.78, 5) is 37.9. The van der Waals surface area contributed by atoms with E-state index in [1.54, 1.807) is 12.1 Å². The van der Waals surface area contributed by atoms with Gasteiger partial charge in [0.15, 0.2) is 0 Å². The molecule has 0 bridgehead atoms. The number of nitrogens with one attached hydrogen (secondary N) is 1. The average Bonchev–Trinajstić information content (AvgIpc) is 2.60. The van der Waals surface area contributed by atoms with Crippen LogP contribution in [0.25, 0.3) is 6.08 Å². The molecule has 2 aromatic carbocycles. The van der Waals surface area contributed by atoms with Crippen molar-refractivity contribution in [1.29, 1.82) is 0 Å². The fourth-order valence-corrected chi connectivity index (χ4v) is 4.39. The Kier molecular flexibility index (Phi) is 5.61. The molecule has 1 saturated heterocycles. The summed E-state index contributed by atoms with van der Waals surface area (Å²) in [5, 5.41) is 2.12. The van der Waals surface area contributed by atoms with Crippen molar-refractivity contribution in [2.24, 2.45) is 0 Å². The van der Waals surface area contributed by atoms with Crippen LogP contribution in [0.15, 0.2) is 46.4 Å². The molecule has 1 aliphatic rings. The van der Waals surface area contributed by atoms with E-state index in [0.717, 1.165) is 20.6 Å². The number of methoxy groups -OCH3 is 1. The topological polar surface area (TPSA) is 75.7 Å². The third-order valence-electron chi connectivity index (χ3n) is 3.72. The van der Waals surface area contributed by atoms with Gasteiger partial charge in [-0.15, -0.1) is 0 Å². The number of anilines is 1. The zero-order chi connectivity index (χ0) is 19.7. The largest absolute Gasteiger partial charge is 0.494 e. The second-order valence-electron chi connectivity index (χ2n) is 5.45. The molecule has 0 saturated carbocycles. The number of nitrogens with zero attached hydrogens (tertiary/aromatic N) is 1. The van der Waals surface area contributed by atoms with Crippen molar-refractivity contribution < 1.29 is 23.5 Å². The van der Waals surface area contributed by atoms with Crippen molar-refractivity contribution in [2.75, 3.05) is 12.0 Å². The van der Waals surface area contributed by atoms with Crippen molar-refractivity contribution >= 4 is 68.1 Å². The Bertz CT molecular complexity index is 968. The van der Waals surface area contributed by atoms with Crippen LogP contribution in [0.1, 0.15) is 5.56 Å². The monoisotopic (exact) mass is 544 g/mol. The van der Waals surface area contributed by atoms with Crippen molar-refractivity contribution in [2.45, 2.75) is 0 Å². The number of barbiturate groups is 1. The van der Waals surface area contributed by atoms with Crippen LogP contribution in [0.3, 0.4) is 0 Å². The molecular weight excluding hydrogens is 534 g/mol. The summed E-state index contributed by atoms with van der Waals surface area (Å²) in [6.45, 7) is 0. The molecule has 0 radical (unpaired) electrons. The second-order valence-corrected chi connectivity index (χ2v) is 7.47. The number of urea groups is 1. The highest BCUT2D eigenvalue weighted by molar-refractivity contribution is 14.1. The fraction of sp³-hybridized carbons (Fsp3) is 0.0556. The number of carbonyl (C=O) groups is 3. The van der Waals surface area contributed by atoms with Gasteiger partial charge in [-0.05, 0) is 86.6 Å². The van der Waals surface area contributed by atoms with E-state index < -0.39 is 23.7 Å². The van der Waals surface area contributed by atoms with Crippen molar-refractivity contribution in [3.8, 4) is 5.75 Å². The Balaban J connectivity index is 2.03. The van der Waals surface area contributed by atoms with E-state index in [1.165, 1.54) is 25.3 Å². The molecule has 1 aliphatic heterocycles. The number of hydrogen-bond acceptors (Lipinski definition) is 4. The predicted octanol–water partition coefficient (Wildman–Crippen LogP) is 3.87. The normalized spacial score (nSPS) is 15.9. The van der Waals surface area contributed by atoms with Crippen LogP contribution in [0.2, 0.25) is 0 Å². The minimum Gasteiger partial charge on any atom is -0.494 e. The Hall–Kier alpha value is -2.27. The van der Waals surface area contributed by atoms with Gasteiger partial charge in [-0.3, -0.25) is 14.9 Å². The first kappa shape index (κ1) is 19.5. The molecule has 6 nitrogen and oxygen atoms in total. The van der Waals surface area contributed by atoms with Crippen LogP contribution in [0.5, 0.6) is 5.75 Å². The van der Waals surface area contributed by atoms with E-state index in [1.807, 2.05) is 0 Å².